The summed E-state index contributed by atoms with van der Waals surface area (Å²) in [6.45, 7) is 2.61. The van der Waals surface area contributed by atoms with Gasteiger partial charge in [0, 0.05) is 24.3 Å². The molecule has 2 N–H and O–H groups in total. The van der Waals surface area contributed by atoms with Gasteiger partial charge >= 0.3 is 16.2 Å². The van der Waals surface area contributed by atoms with Gasteiger partial charge in [-0.2, -0.15) is 17.2 Å². The molecule has 3 aliphatic rings. The second-order valence-electron chi connectivity index (χ2n) is 8.87. The van der Waals surface area contributed by atoms with Crippen LogP contribution in [0.25, 0.3) is 0 Å². The maximum absolute atomic E-state index is 13.5. The SMILES string of the molecule is Cc1cnc(N(C2CCOCC2)S(=O)(=O)[NH+]([O-])C(=O)Nc2c3c(cc4c2CCC4)CCC3)s1. The smallest absolute Gasteiger partial charge is 0.436 e. The first-order chi connectivity index (χ1) is 15.9. The maximum atomic E-state index is 13.5. The Morgan fingerprint density at radius 2 is 1.82 bits per heavy atom. The number of ether oxygens (including phenoxy) is 1. The van der Waals surface area contributed by atoms with E-state index in [4.69, 9.17) is 4.74 Å². The summed E-state index contributed by atoms with van der Waals surface area (Å²) in [6, 6.07) is 0.641. The van der Waals surface area contributed by atoms with Gasteiger partial charge in [-0.15, -0.1) is 11.3 Å². The Balaban J connectivity index is 1.45. The van der Waals surface area contributed by atoms with Crippen LogP contribution in [-0.4, -0.2) is 38.7 Å². The van der Waals surface area contributed by atoms with Crippen molar-refractivity contribution in [1.82, 2.24) is 4.98 Å². The van der Waals surface area contributed by atoms with Crippen molar-refractivity contribution in [1.29, 1.82) is 0 Å². The molecule has 0 radical (unpaired) electrons. The van der Waals surface area contributed by atoms with Crippen LogP contribution >= 0.6 is 11.3 Å². The molecule has 178 valence electrons. The average Bonchev–Trinajstić information content (AvgIpc) is 3.55. The third kappa shape index (κ3) is 4.17. The first-order valence-corrected chi connectivity index (χ1v) is 13.7. The highest BCUT2D eigenvalue weighted by Crippen LogP contribution is 2.38. The molecule has 33 heavy (non-hydrogen) atoms. The van der Waals surface area contributed by atoms with Crippen LogP contribution in [0.3, 0.4) is 0 Å². The minimum atomic E-state index is -4.61. The number of carbonyl (C=O) groups is 1. The molecule has 2 amide bonds. The Bertz CT molecular complexity index is 1140. The molecule has 1 fully saturated rings. The van der Waals surface area contributed by atoms with Crippen molar-refractivity contribution in [3.05, 3.63) is 44.6 Å². The van der Waals surface area contributed by atoms with E-state index in [-0.39, 0.29) is 5.13 Å². The summed E-state index contributed by atoms with van der Waals surface area (Å²) in [5.74, 6) is 0. The number of hydrogen-bond acceptors (Lipinski definition) is 7. The van der Waals surface area contributed by atoms with Crippen LogP contribution < -0.4 is 14.1 Å². The lowest BCUT2D eigenvalue weighted by Gasteiger charge is -2.34. The fourth-order valence-corrected chi connectivity index (χ4v) is 7.62. The lowest BCUT2D eigenvalue weighted by molar-refractivity contribution is -0.604. The monoisotopic (exact) mass is 492 g/mol. The van der Waals surface area contributed by atoms with E-state index >= 15 is 0 Å². The van der Waals surface area contributed by atoms with Gasteiger partial charge in [-0.3, -0.25) is 5.32 Å². The van der Waals surface area contributed by atoms with Crippen LogP contribution in [0.2, 0.25) is 0 Å². The van der Waals surface area contributed by atoms with E-state index in [1.54, 1.807) is 6.20 Å². The number of urea groups is 1. The molecule has 1 aromatic carbocycles. The number of rotatable bonds is 5. The molecule has 1 atom stereocenters. The molecule has 0 bridgehead atoms. The molecule has 0 saturated carbocycles. The predicted octanol–water partition coefficient (Wildman–Crippen LogP) is 2.27. The van der Waals surface area contributed by atoms with Crippen LogP contribution in [-0.2, 0) is 40.6 Å². The third-order valence-corrected chi connectivity index (χ3v) is 9.38. The lowest BCUT2D eigenvalue weighted by Crippen LogP contribution is -3.14. The normalized spacial score (nSPS) is 19.2. The van der Waals surface area contributed by atoms with Gasteiger partial charge in [0.15, 0.2) is 0 Å². The number of quaternary nitrogens is 1. The van der Waals surface area contributed by atoms with Crippen molar-refractivity contribution in [3.63, 3.8) is 0 Å². The highest BCUT2D eigenvalue weighted by Gasteiger charge is 2.41. The zero-order valence-corrected chi connectivity index (χ0v) is 20.2. The minimum Gasteiger partial charge on any atom is -0.608 e. The summed E-state index contributed by atoms with van der Waals surface area (Å²) in [5, 5.41) is 16.1. The first kappa shape index (κ1) is 22.7. The van der Waals surface area contributed by atoms with E-state index in [0.29, 0.717) is 31.7 Å². The second-order valence-corrected chi connectivity index (χ2v) is 11.8. The molecule has 2 heterocycles. The Morgan fingerprint density at radius 3 is 2.39 bits per heavy atom. The van der Waals surface area contributed by atoms with Crippen LogP contribution in [0.5, 0.6) is 0 Å². The molecule has 0 spiro atoms. The second kappa shape index (κ2) is 8.95. The number of amides is 2. The molecule has 9 nitrogen and oxygen atoms in total. The van der Waals surface area contributed by atoms with E-state index in [1.165, 1.54) is 22.5 Å². The van der Waals surface area contributed by atoms with Crippen LogP contribution in [0.4, 0.5) is 15.6 Å². The molecule has 1 aliphatic heterocycles. The number of benzene rings is 1. The number of nitrogens with zero attached hydrogens (tertiary/aromatic N) is 2. The Kier molecular flexibility index (Phi) is 6.17. The van der Waals surface area contributed by atoms with Gasteiger partial charge in [0.05, 0.1) is 11.7 Å². The summed E-state index contributed by atoms with van der Waals surface area (Å²) in [7, 11) is -4.61. The van der Waals surface area contributed by atoms with E-state index in [2.05, 4.69) is 16.4 Å². The molecular formula is C22H28N4O5S2. The van der Waals surface area contributed by atoms with Gasteiger partial charge in [0.2, 0.25) is 5.13 Å². The number of anilines is 2. The topological polar surface area (TPSA) is 116 Å². The van der Waals surface area contributed by atoms with Crippen molar-refractivity contribution in [3.8, 4) is 0 Å². The molecule has 11 heteroatoms. The van der Waals surface area contributed by atoms with E-state index in [9.17, 15) is 18.4 Å². The van der Waals surface area contributed by atoms with Gasteiger partial charge in [-0.05, 0) is 80.5 Å². The number of hydroxylamine groups is 1. The van der Waals surface area contributed by atoms with Crippen LogP contribution in [0.15, 0.2) is 12.3 Å². The Morgan fingerprint density at radius 1 is 1.18 bits per heavy atom. The quantitative estimate of drug-likeness (QED) is 0.619. The average molecular weight is 493 g/mol. The third-order valence-electron chi connectivity index (χ3n) is 6.71. The molecule has 1 aromatic heterocycles. The molecular weight excluding hydrogens is 464 g/mol. The number of carbonyl (C=O) groups excluding carboxylic acids is 1. The fraction of sp³-hybridized carbons (Fsp3) is 0.545. The molecule has 2 aliphatic carbocycles. The number of aryl methyl sites for hydroxylation is 3. The van der Waals surface area contributed by atoms with Gasteiger partial charge in [0.1, 0.15) is 0 Å². The van der Waals surface area contributed by atoms with Crippen LogP contribution in [0, 0.1) is 12.1 Å². The summed E-state index contributed by atoms with van der Waals surface area (Å²) in [5.41, 5.74) is 5.15. The van der Waals surface area contributed by atoms with Gasteiger partial charge < -0.3 is 9.94 Å². The molecule has 1 unspecified atom stereocenters. The van der Waals surface area contributed by atoms with Crippen molar-refractivity contribution < 1.29 is 22.4 Å². The summed E-state index contributed by atoms with van der Waals surface area (Å²) in [6.07, 6.45) is 7.97. The van der Waals surface area contributed by atoms with Gasteiger partial charge in [-0.25, -0.2) is 9.78 Å². The summed E-state index contributed by atoms with van der Waals surface area (Å²) < 4.78 is 31.9. The van der Waals surface area contributed by atoms with E-state index in [1.807, 2.05) is 6.92 Å². The number of thiazole rings is 1. The largest absolute Gasteiger partial charge is 0.608 e. The first-order valence-electron chi connectivity index (χ1n) is 11.4. The zero-order chi connectivity index (χ0) is 23.2. The number of hydrogen-bond donors (Lipinski definition) is 2. The standard InChI is InChI=1S/C22H28N4O5S2/c1-14-13-23-22(32-14)25(17-8-10-31-11-9-17)33(29,30)26(28)21(27)24-20-18-6-2-4-15(18)12-16-5-3-7-19(16)20/h12-13,17,26H,2-11H2,1H3,(H,24,27). The fourth-order valence-electron chi connectivity index (χ4n) is 5.16. The molecule has 5 rings (SSSR count). The van der Waals surface area contributed by atoms with Crippen molar-refractivity contribution in [2.45, 2.75) is 64.3 Å². The van der Waals surface area contributed by atoms with Crippen molar-refractivity contribution in [2.75, 3.05) is 22.8 Å². The lowest BCUT2D eigenvalue weighted by atomic mass is 9.99. The van der Waals surface area contributed by atoms with Gasteiger partial charge in [0.25, 0.3) is 0 Å². The number of fused-ring (bicyclic) bond motifs is 2. The highest BCUT2D eigenvalue weighted by molar-refractivity contribution is 7.87. The molecule has 1 saturated heterocycles. The Labute approximate surface area is 197 Å². The predicted molar refractivity (Wildman–Crippen MR) is 126 cm³/mol. The van der Waals surface area contributed by atoms with E-state index < -0.39 is 26.8 Å². The van der Waals surface area contributed by atoms with E-state index in [0.717, 1.165) is 58.8 Å². The van der Waals surface area contributed by atoms with Crippen molar-refractivity contribution >= 4 is 38.4 Å². The van der Waals surface area contributed by atoms with Gasteiger partial charge in [-0.1, -0.05) is 6.07 Å². The summed E-state index contributed by atoms with van der Waals surface area (Å²) in [4.78, 5) is 18.1. The minimum absolute atomic E-state index is 0.210. The highest BCUT2D eigenvalue weighted by atomic mass is 32.2. The number of nitrogens with one attached hydrogen (secondary N) is 2. The summed E-state index contributed by atoms with van der Waals surface area (Å²) >= 11 is 1.19. The number of aromatic nitrogens is 1. The Hall–Kier alpha value is -2.05. The molecule has 2 aromatic rings. The van der Waals surface area contributed by atoms with Crippen LogP contribution in [0.1, 0.15) is 52.8 Å². The maximum Gasteiger partial charge on any atom is 0.436 e. The van der Waals surface area contributed by atoms with Crippen molar-refractivity contribution in [2.24, 2.45) is 0 Å². The zero-order valence-electron chi connectivity index (χ0n) is 18.6.